The number of fused-ring (bicyclic) bond motifs is 1. The van der Waals surface area contributed by atoms with Crippen LogP contribution in [0.3, 0.4) is 0 Å². The van der Waals surface area contributed by atoms with Crippen LogP contribution in [0.5, 0.6) is 5.75 Å². The molecule has 1 fully saturated rings. The molecular weight excluding hydrogens is 479 g/mol. The summed E-state index contributed by atoms with van der Waals surface area (Å²) in [6.45, 7) is 3.83. The third-order valence-electron chi connectivity index (χ3n) is 6.54. The van der Waals surface area contributed by atoms with E-state index < -0.39 is 11.6 Å². The molecule has 1 aliphatic rings. The molecule has 1 saturated heterocycles. The quantitative estimate of drug-likeness (QED) is 0.272. The van der Waals surface area contributed by atoms with Gasteiger partial charge in [-0.05, 0) is 66.8 Å². The Bertz CT molecular complexity index is 1410. The van der Waals surface area contributed by atoms with Gasteiger partial charge in [0.05, 0.1) is 33.7 Å². The maximum absolute atomic E-state index is 14.2. The van der Waals surface area contributed by atoms with Crippen molar-refractivity contribution < 1.29 is 14.3 Å². The summed E-state index contributed by atoms with van der Waals surface area (Å²) in [5.74, 6) is -0.488. The summed E-state index contributed by atoms with van der Waals surface area (Å²) in [7, 11) is 0. The van der Waals surface area contributed by atoms with E-state index in [-0.39, 0.29) is 10.8 Å². The molecule has 0 bridgehead atoms. The Labute approximate surface area is 213 Å². The van der Waals surface area contributed by atoms with Gasteiger partial charge in [0.1, 0.15) is 5.82 Å². The number of rotatable bonds is 6. The number of pyridine rings is 2. The lowest BCUT2D eigenvalue weighted by molar-refractivity contribution is 0.0988. The second-order valence-corrected chi connectivity index (χ2v) is 9.33. The fourth-order valence-electron chi connectivity index (χ4n) is 4.56. The van der Waals surface area contributed by atoms with Crippen LogP contribution in [0.4, 0.5) is 21.6 Å². The minimum Gasteiger partial charge on any atom is -0.504 e. The van der Waals surface area contributed by atoms with Crippen molar-refractivity contribution in [2.75, 3.05) is 23.3 Å². The van der Waals surface area contributed by atoms with E-state index >= 15 is 0 Å². The SMILES string of the molecule is CCC(=O)c1cnc2ccc(-c3cc(F)c(O)c(Cl)c3)cc2c1Nc1ccc(N2CCCCC2)nc1. The predicted molar refractivity (Wildman–Crippen MR) is 142 cm³/mol. The van der Waals surface area contributed by atoms with Crippen LogP contribution in [-0.4, -0.2) is 33.9 Å². The number of carbonyl (C=O) groups is 1. The minimum atomic E-state index is -0.802. The van der Waals surface area contributed by atoms with Crippen molar-refractivity contribution in [2.24, 2.45) is 0 Å². The zero-order valence-electron chi connectivity index (χ0n) is 19.9. The van der Waals surface area contributed by atoms with Gasteiger partial charge in [-0.25, -0.2) is 9.37 Å². The molecule has 0 amide bonds. The highest BCUT2D eigenvalue weighted by Crippen LogP contribution is 2.36. The average molecular weight is 505 g/mol. The number of nitrogens with one attached hydrogen (secondary N) is 1. The van der Waals surface area contributed by atoms with Crippen molar-refractivity contribution in [3.63, 3.8) is 0 Å². The molecule has 0 spiro atoms. The molecule has 8 heteroatoms. The lowest BCUT2D eigenvalue weighted by Gasteiger charge is -2.27. The summed E-state index contributed by atoms with van der Waals surface area (Å²) in [5, 5.41) is 13.7. The maximum Gasteiger partial charge on any atom is 0.170 e. The van der Waals surface area contributed by atoms with Crippen LogP contribution >= 0.6 is 11.6 Å². The number of nitrogens with zero attached hydrogens (tertiary/aromatic N) is 3. The predicted octanol–water partition coefficient (Wildman–Crippen LogP) is 7.12. The Morgan fingerprint density at radius 3 is 2.56 bits per heavy atom. The Morgan fingerprint density at radius 2 is 1.86 bits per heavy atom. The Balaban J connectivity index is 1.57. The molecule has 184 valence electrons. The van der Waals surface area contributed by atoms with Crippen LogP contribution in [0, 0.1) is 5.82 Å². The fraction of sp³-hybridized carbons (Fsp3) is 0.250. The largest absolute Gasteiger partial charge is 0.504 e. The van der Waals surface area contributed by atoms with E-state index in [4.69, 9.17) is 11.6 Å². The molecule has 0 aliphatic carbocycles. The Kier molecular flexibility index (Phi) is 6.74. The number of piperidine rings is 1. The Morgan fingerprint density at radius 1 is 1.06 bits per heavy atom. The zero-order valence-corrected chi connectivity index (χ0v) is 20.6. The molecule has 4 aromatic rings. The smallest absolute Gasteiger partial charge is 0.170 e. The third kappa shape index (κ3) is 4.71. The summed E-state index contributed by atoms with van der Waals surface area (Å²) < 4.78 is 14.2. The molecule has 3 heterocycles. The molecule has 2 aromatic heterocycles. The van der Waals surface area contributed by atoms with Gasteiger partial charge < -0.3 is 15.3 Å². The number of phenols is 1. The third-order valence-corrected chi connectivity index (χ3v) is 6.83. The van der Waals surface area contributed by atoms with Crippen molar-refractivity contribution in [3.8, 4) is 16.9 Å². The average Bonchev–Trinajstić information content (AvgIpc) is 2.92. The van der Waals surface area contributed by atoms with Gasteiger partial charge >= 0.3 is 0 Å². The molecule has 1 aliphatic heterocycles. The first-order valence-electron chi connectivity index (χ1n) is 12.1. The maximum atomic E-state index is 14.2. The molecule has 0 unspecified atom stereocenters. The van der Waals surface area contributed by atoms with E-state index in [0.717, 1.165) is 24.6 Å². The second-order valence-electron chi connectivity index (χ2n) is 8.92. The van der Waals surface area contributed by atoms with Crippen molar-refractivity contribution >= 4 is 45.5 Å². The number of carbonyl (C=O) groups excluding carboxylic acids is 1. The number of hydrogen-bond acceptors (Lipinski definition) is 6. The molecule has 5 rings (SSSR count). The summed E-state index contributed by atoms with van der Waals surface area (Å²) in [5.41, 5.74) is 3.69. The van der Waals surface area contributed by atoms with E-state index in [1.54, 1.807) is 18.5 Å². The van der Waals surface area contributed by atoms with Crippen LogP contribution in [0.15, 0.2) is 54.9 Å². The van der Waals surface area contributed by atoms with E-state index in [9.17, 15) is 14.3 Å². The van der Waals surface area contributed by atoms with Gasteiger partial charge in [0.15, 0.2) is 17.3 Å². The highest BCUT2D eigenvalue weighted by atomic mass is 35.5. The number of aromatic nitrogens is 2. The first kappa shape index (κ1) is 24.0. The van der Waals surface area contributed by atoms with Crippen LogP contribution in [0.25, 0.3) is 22.0 Å². The molecule has 6 nitrogen and oxygen atoms in total. The number of hydrogen-bond donors (Lipinski definition) is 2. The lowest BCUT2D eigenvalue weighted by atomic mass is 9.99. The Hall–Kier alpha value is -3.71. The van der Waals surface area contributed by atoms with Crippen molar-refractivity contribution in [1.82, 2.24) is 9.97 Å². The summed E-state index contributed by atoms with van der Waals surface area (Å²) in [6.07, 6.45) is 7.28. The van der Waals surface area contributed by atoms with E-state index in [1.165, 1.54) is 31.4 Å². The molecule has 36 heavy (non-hydrogen) atoms. The van der Waals surface area contributed by atoms with Gasteiger partial charge in [-0.3, -0.25) is 9.78 Å². The fourth-order valence-corrected chi connectivity index (χ4v) is 4.76. The van der Waals surface area contributed by atoms with Crippen LogP contribution < -0.4 is 10.2 Å². The first-order valence-corrected chi connectivity index (χ1v) is 12.4. The van der Waals surface area contributed by atoms with Gasteiger partial charge in [-0.1, -0.05) is 24.6 Å². The topological polar surface area (TPSA) is 78.3 Å². The monoisotopic (exact) mass is 504 g/mol. The standard InChI is InChI=1S/C28H26ClFN4O2/c1-2-25(35)21-16-31-24-8-6-17(18-13-22(29)28(36)23(30)14-18)12-20(24)27(21)33-19-7-9-26(32-15-19)34-10-4-3-5-11-34/h6-9,12-16,36H,2-5,10-11H2,1H3,(H,31,33). The van der Waals surface area contributed by atoms with Gasteiger partial charge in [0, 0.05) is 31.1 Å². The number of ketones is 1. The van der Waals surface area contributed by atoms with E-state index in [2.05, 4.69) is 20.2 Å². The molecule has 0 atom stereocenters. The van der Waals surface area contributed by atoms with Crippen molar-refractivity contribution in [1.29, 1.82) is 0 Å². The van der Waals surface area contributed by atoms with Gasteiger partial charge in [-0.15, -0.1) is 0 Å². The molecule has 0 radical (unpaired) electrons. The van der Waals surface area contributed by atoms with E-state index in [0.29, 0.717) is 39.7 Å². The molecule has 2 aromatic carbocycles. The van der Waals surface area contributed by atoms with Crippen LogP contribution in [0.2, 0.25) is 5.02 Å². The highest BCUT2D eigenvalue weighted by Gasteiger charge is 2.17. The summed E-state index contributed by atoms with van der Waals surface area (Å²) in [4.78, 5) is 24.2. The summed E-state index contributed by atoms with van der Waals surface area (Å²) in [6, 6.07) is 12.1. The van der Waals surface area contributed by atoms with Crippen LogP contribution in [0.1, 0.15) is 43.0 Å². The van der Waals surface area contributed by atoms with Gasteiger partial charge in [0.25, 0.3) is 0 Å². The minimum absolute atomic E-state index is 0.0473. The van der Waals surface area contributed by atoms with Gasteiger partial charge in [0.2, 0.25) is 0 Å². The number of halogens is 2. The number of phenolic OH excluding ortho intramolecular Hbond substituents is 1. The van der Waals surface area contributed by atoms with E-state index in [1.807, 2.05) is 31.2 Å². The normalized spacial score (nSPS) is 13.7. The molecule has 2 N–H and O–H groups in total. The molecule has 0 saturated carbocycles. The second kappa shape index (κ2) is 10.1. The van der Waals surface area contributed by atoms with Crippen molar-refractivity contribution in [2.45, 2.75) is 32.6 Å². The number of anilines is 3. The number of benzene rings is 2. The summed E-state index contributed by atoms with van der Waals surface area (Å²) >= 11 is 6.01. The number of Topliss-reactive ketones (excluding diaryl/α,β-unsaturated/α-hetero) is 1. The number of aromatic hydroxyl groups is 1. The molecular formula is C28H26ClFN4O2. The lowest BCUT2D eigenvalue weighted by Crippen LogP contribution is -2.29. The highest BCUT2D eigenvalue weighted by molar-refractivity contribution is 6.32. The first-order chi connectivity index (χ1) is 17.4. The zero-order chi connectivity index (χ0) is 25.2. The van der Waals surface area contributed by atoms with Gasteiger partial charge in [-0.2, -0.15) is 0 Å². The van der Waals surface area contributed by atoms with Crippen LogP contribution in [-0.2, 0) is 0 Å². The van der Waals surface area contributed by atoms with Crippen molar-refractivity contribution in [3.05, 3.63) is 71.3 Å².